The van der Waals surface area contributed by atoms with E-state index in [1.165, 1.54) is 49.6 Å². The number of hydrogen-bond donors (Lipinski definition) is 1. The first kappa shape index (κ1) is 16.4. The molecule has 3 rings (SSSR count). The number of nitrogens with zero attached hydrogens (tertiary/aromatic N) is 1. The number of fused-ring (bicyclic) bond motifs is 1. The van der Waals surface area contributed by atoms with Crippen LogP contribution < -0.4 is 11.1 Å². The third-order valence-corrected chi connectivity index (χ3v) is 3.52. The molecular formula is C17H13FN2O5. The number of aromatic nitrogens is 1. The second-order valence-corrected chi connectivity index (χ2v) is 5.18. The zero-order valence-electron chi connectivity index (χ0n) is 13.1. The van der Waals surface area contributed by atoms with Crippen LogP contribution in [-0.4, -0.2) is 23.6 Å². The van der Waals surface area contributed by atoms with Gasteiger partial charge >= 0.3 is 11.7 Å². The van der Waals surface area contributed by atoms with Gasteiger partial charge in [-0.3, -0.25) is 9.36 Å². The number of esters is 1. The average molecular weight is 344 g/mol. The van der Waals surface area contributed by atoms with Gasteiger partial charge in [-0.25, -0.2) is 14.0 Å². The number of carbonyl (C=O) groups excluding carboxylic acids is 2. The molecule has 7 nitrogen and oxygen atoms in total. The predicted molar refractivity (Wildman–Crippen MR) is 86.8 cm³/mol. The molecular weight excluding hydrogens is 331 g/mol. The highest BCUT2D eigenvalue weighted by Crippen LogP contribution is 2.16. The molecule has 0 fully saturated rings. The summed E-state index contributed by atoms with van der Waals surface area (Å²) in [5, 5.41) is 2.56. The smallest absolute Gasteiger partial charge is 0.420 e. The summed E-state index contributed by atoms with van der Waals surface area (Å²) in [4.78, 5) is 35.6. The molecule has 0 spiro atoms. The molecule has 1 heterocycles. The van der Waals surface area contributed by atoms with E-state index in [1.807, 2.05) is 0 Å². The lowest BCUT2D eigenvalue weighted by atomic mass is 10.2. The first-order valence-electron chi connectivity index (χ1n) is 7.25. The standard InChI is InChI=1S/C17H13FN2O5/c1-24-16(22)10-2-7-13-14(8-10)25-17(23)20(13)9-15(21)19-12-5-3-11(18)4-6-12/h2-8H,9H2,1H3,(H,19,21). The molecule has 1 N–H and O–H groups in total. The van der Waals surface area contributed by atoms with E-state index in [1.54, 1.807) is 0 Å². The first-order chi connectivity index (χ1) is 12.0. The highest BCUT2D eigenvalue weighted by molar-refractivity contribution is 5.94. The van der Waals surface area contributed by atoms with Crippen LogP contribution in [0.3, 0.4) is 0 Å². The number of rotatable bonds is 4. The molecule has 1 amide bonds. The molecule has 0 atom stereocenters. The molecule has 0 radical (unpaired) electrons. The SMILES string of the molecule is COC(=O)c1ccc2c(c1)oc(=O)n2CC(=O)Nc1ccc(F)cc1. The molecule has 0 aliphatic rings. The fraction of sp³-hybridized carbons (Fsp3) is 0.118. The second-order valence-electron chi connectivity index (χ2n) is 5.18. The van der Waals surface area contributed by atoms with Gasteiger partial charge < -0.3 is 14.5 Å². The molecule has 3 aromatic rings. The van der Waals surface area contributed by atoms with E-state index in [0.717, 1.165) is 4.57 Å². The fourth-order valence-corrected chi connectivity index (χ4v) is 2.34. The Balaban J connectivity index is 1.84. The molecule has 2 aromatic carbocycles. The number of hydrogen-bond acceptors (Lipinski definition) is 5. The molecule has 0 aliphatic carbocycles. The molecule has 25 heavy (non-hydrogen) atoms. The van der Waals surface area contributed by atoms with Crippen LogP contribution in [0.4, 0.5) is 10.1 Å². The summed E-state index contributed by atoms with van der Waals surface area (Å²) in [5.41, 5.74) is 1.17. The normalized spacial score (nSPS) is 10.6. The second kappa shape index (κ2) is 6.60. The van der Waals surface area contributed by atoms with E-state index < -0.39 is 23.4 Å². The molecule has 1 aromatic heterocycles. The Bertz CT molecular complexity index is 1000. The van der Waals surface area contributed by atoms with Crippen LogP contribution in [0, 0.1) is 5.82 Å². The van der Waals surface area contributed by atoms with Crippen LogP contribution in [0.25, 0.3) is 11.1 Å². The number of oxazole rings is 1. The van der Waals surface area contributed by atoms with Crippen molar-refractivity contribution in [3.8, 4) is 0 Å². The number of methoxy groups -OCH3 is 1. The molecule has 0 unspecified atom stereocenters. The molecule has 8 heteroatoms. The molecule has 0 aliphatic heterocycles. The lowest BCUT2D eigenvalue weighted by Crippen LogP contribution is -2.24. The fourth-order valence-electron chi connectivity index (χ4n) is 2.34. The Morgan fingerprint density at radius 3 is 2.60 bits per heavy atom. The van der Waals surface area contributed by atoms with Crippen molar-refractivity contribution in [1.82, 2.24) is 4.57 Å². The van der Waals surface area contributed by atoms with Crippen LogP contribution >= 0.6 is 0 Å². The molecule has 128 valence electrons. The zero-order valence-corrected chi connectivity index (χ0v) is 13.1. The van der Waals surface area contributed by atoms with Gasteiger partial charge in [0.1, 0.15) is 12.4 Å². The topological polar surface area (TPSA) is 90.5 Å². The van der Waals surface area contributed by atoms with Crippen molar-refractivity contribution in [1.29, 1.82) is 0 Å². The van der Waals surface area contributed by atoms with Crippen LogP contribution in [0.15, 0.2) is 51.7 Å². The molecule has 0 saturated carbocycles. The van der Waals surface area contributed by atoms with Crippen molar-refractivity contribution in [2.45, 2.75) is 6.54 Å². The zero-order chi connectivity index (χ0) is 18.0. The van der Waals surface area contributed by atoms with Gasteiger partial charge in [-0.2, -0.15) is 0 Å². The van der Waals surface area contributed by atoms with Gasteiger partial charge in [0.2, 0.25) is 5.91 Å². The Kier molecular flexibility index (Phi) is 4.34. The van der Waals surface area contributed by atoms with Gasteiger partial charge in [0.15, 0.2) is 5.58 Å². The van der Waals surface area contributed by atoms with Crippen LogP contribution in [0.2, 0.25) is 0 Å². The minimum atomic E-state index is -0.730. The minimum absolute atomic E-state index is 0.169. The van der Waals surface area contributed by atoms with Crippen molar-refractivity contribution in [3.63, 3.8) is 0 Å². The summed E-state index contributed by atoms with van der Waals surface area (Å²) in [5.74, 6) is -2.19. The Morgan fingerprint density at radius 2 is 1.92 bits per heavy atom. The predicted octanol–water partition coefficient (Wildman–Crippen LogP) is 2.16. The highest BCUT2D eigenvalue weighted by atomic mass is 19.1. The molecule has 0 bridgehead atoms. The Labute approximate surface area is 140 Å². The summed E-state index contributed by atoms with van der Waals surface area (Å²) >= 11 is 0. The van der Waals surface area contributed by atoms with E-state index in [2.05, 4.69) is 10.1 Å². The summed E-state index contributed by atoms with van der Waals surface area (Å²) in [6, 6.07) is 9.58. The van der Waals surface area contributed by atoms with E-state index in [-0.39, 0.29) is 17.7 Å². The van der Waals surface area contributed by atoms with Crippen LogP contribution in [-0.2, 0) is 16.1 Å². The summed E-state index contributed by atoms with van der Waals surface area (Å²) < 4.78 is 23.7. The monoisotopic (exact) mass is 344 g/mol. The van der Waals surface area contributed by atoms with E-state index >= 15 is 0 Å². The third-order valence-electron chi connectivity index (χ3n) is 3.52. The third kappa shape index (κ3) is 3.42. The summed E-state index contributed by atoms with van der Waals surface area (Å²) in [6.45, 7) is -0.291. The van der Waals surface area contributed by atoms with Crippen molar-refractivity contribution in [2.75, 3.05) is 12.4 Å². The lowest BCUT2D eigenvalue weighted by molar-refractivity contribution is -0.116. The number of ether oxygens (including phenoxy) is 1. The maximum Gasteiger partial charge on any atom is 0.420 e. The van der Waals surface area contributed by atoms with Gasteiger partial charge in [-0.05, 0) is 42.5 Å². The quantitative estimate of drug-likeness (QED) is 0.733. The summed E-state index contributed by atoms with van der Waals surface area (Å²) in [7, 11) is 1.24. The maximum atomic E-state index is 12.9. The van der Waals surface area contributed by atoms with Gasteiger partial charge in [0.05, 0.1) is 18.2 Å². The number of halogens is 1. The lowest BCUT2D eigenvalue weighted by Gasteiger charge is -2.06. The van der Waals surface area contributed by atoms with Crippen molar-refractivity contribution >= 4 is 28.7 Å². The number of carbonyl (C=O) groups is 2. The van der Waals surface area contributed by atoms with E-state index in [0.29, 0.717) is 11.2 Å². The summed E-state index contributed by atoms with van der Waals surface area (Å²) in [6.07, 6.45) is 0. The van der Waals surface area contributed by atoms with Crippen LogP contribution in [0.5, 0.6) is 0 Å². The van der Waals surface area contributed by atoms with Gasteiger partial charge in [0, 0.05) is 5.69 Å². The van der Waals surface area contributed by atoms with Crippen molar-refractivity contribution in [3.05, 3.63) is 64.4 Å². The number of anilines is 1. The first-order valence-corrected chi connectivity index (χ1v) is 7.25. The largest absolute Gasteiger partial charge is 0.465 e. The van der Waals surface area contributed by atoms with Gasteiger partial charge in [0.25, 0.3) is 0 Å². The van der Waals surface area contributed by atoms with E-state index in [4.69, 9.17) is 4.42 Å². The van der Waals surface area contributed by atoms with E-state index in [9.17, 15) is 18.8 Å². The van der Waals surface area contributed by atoms with Crippen molar-refractivity contribution in [2.24, 2.45) is 0 Å². The number of nitrogens with one attached hydrogen (secondary N) is 1. The average Bonchev–Trinajstić information content (AvgIpc) is 2.91. The van der Waals surface area contributed by atoms with Gasteiger partial charge in [-0.1, -0.05) is 0 Å². The maximum absolute atomic E-state index is 12.9. The Morgan fingerprint density at radius 1 is 1.20 bits per heavy atom. The molecule has 0 saturated heterocycles. The number of amides is 1. The van der Waals surface area contributed by atoms with Crippen molar-refractivity contribution < 1.29 is 23.1 Å². The highest BCUT2D eigenvalue weighted by Gasteiger charge is 2.15. The minimum Gasteiger partial charge on any atom is -0.465 e. The van der Waals surface area contributed by atoms with Crippen LogP contribution in [0.1, 0.15) is 10.4 Å². The Hall–Kier alpha value is -3.42. The number of benzene rings is 2. The van der Waals surface area contributed by atoms with Gasteiger partial charge in [-0.15, -0.1) is 0 Å².